The molecule has 5 nitrogen and oxygen atoms in total. The molecule has 1 unspecified atom stereocenters. The summed E-state index contributed by atoms with van der Waals surface area (Å²) >= 11 is 0. The molecule has 2 heterocycles. The molecule has 16 heavy (non-hydrogen) atoms. The molecule has 0 radical (unpaired) electrons. The van der Waals surface area contributed by atoms with Crippen LogP contribution in [0.2, 0.25) is 0 Å². The average molecular weight is 224 g/mol. The summed E-state index contributed by atoms with van der Waals surface area (Å²) in [5.41, 5.74) is 0. The van der Waals surface area contributed by atoms with Crippen LogP contribution in [0.3, 0.4) is 0 Å². The molecule has 5 heteroatoms. The monoisotopic (exact) mass is 224 g/mol. The second-order valence-electron chi connectivity index (χ2n) is 4.31. The summed E-state index contributed by atoms with van der Waals surface area (Å²) in [6.45, 7) is 4.93. The molecule has 0 saturated carbocycles. The maximum Gasteiger partial charge on any atom is 0.0692 e. The summed E-state index contributed by atoms with van der Waals surface area (Å²) in [5.74, 6) is 0.708. The Morgan fingerprint density at radius 3 is 3.25 bits per heavy atom. The maximum atomic E-state index is 5.44. The van der Waals surface area contributed by atoms with E-state index in [9.17, 15) is 0 Å². The first-order chi connectivity index (χ1) is 7.95. The van der Waals surface area contributed by atoms with E-state index < -0.39 is 0 Å². The average Bonchev–Trinajstić information content (AvgIpc) is 2.83. The fraction of sp³-hybridized carbons (Fsp3) is 0.818. The van der Waals surface area contributed by atoms with Gasteiger partial charge in [-0.2, -0.15) is 0 Å². The minimum atomic E-state index is 0.708. The highest BCUT2D eigenvalue weighted by Crippen LogP contribution is 2.11. The zero-order valence-electron chi connectivity index (χ0n) is 9.64. The lowest BCUT2D eigenvalue weighted by molar-refractivity contribution is 0.0549. The minimum absolute atomic E-state index is 0.708. The fourth-order valence-corrected chi connectivity index (χ4v) is 1.99. The third kappa shape index (κ3) is 3.90. The Balaban J connectivity index is 1.48. The predicted octanol–water partition coefficient (Wildman–Crippen LogP) is 0.684. The zero-order valence-corrected chi connectivity index (χ0v) is 9.64. The highest BCUT2D eigenvalue weighted by Gasteiger charge is 2.12. The third-order valence-corrected chi connectivity index (χ3v) is 2.90. The highest BCUT2D eigenvalue weighted by atomic mass is 16.5. The fourth-order valence-electron chi connectivity index (χ4n) is 1.99. The van der Waals surface area contributed by atoms with Crippen molar-refractivity contribution in [3.63, 3.8) is 0 Å². The van der Waals surface area contributed by atoms with E-state index in [1.165, 1.54) is 12.8 Å². The van der Waals surface area contributed by atoms with Gasteiger partial charge in [-0.05, 0) is 31.7 Å². The standard InChI is InChI=1S/C11H20N4O/c1-3-11(10-16-8-1)9-12-4-2-6-15-7-5-13-14-15/h5,7,11-12H,1-4,6,8-10H2. The highest BCUT2D eigenvalue weighted by molar-refractivity contribution is 4.67. The predicted molar refractivity (Wildman–Crippen MR) is 61.1 cm³/mol. The molecule has 1 aliphatic rings. The van der Waals surface area contributed by atoms with Crippen LogP contribution in [0, 0.1) is 5.92 Å². The van der Waals surface area contributed by atoms with Crippen LogP contribution in [0.4, 0.5) is 0 Å². The van der Waals surface area contributed by atoms with Crippen LogP contribution in [0.15, 0.2) is 12.4 Å². The van der Waals surface area contributed by atoms with E-state index in [1.54, 1.807) is 6.20 Å². The number of hydrogen-bond donors (Lipinski definition) is 1. The lowest BCUT2D eigenvalue weighted by Crippen LogP contribution is -2.30. The Kier molecular flexibility index (Phi) is 4.76. The normalized spacial score (nSPS) is 21.1. The molecule has 1 aromatic heterocycles. The van der Waals surface area contributed by atoms with Crippen molar-refractivity contribution in [2.24, 2.45) is 5.92 Å². The quantitative estimate of drug-likeness (QED) is 0.722. The number of ether oxygens (including phenoxy) is 1. The van der Waals surface area contributed by atoms with Gasteiger partial charge in [-0.25, -0.2) is 0 Å². The lowest BCUT2D eigenvalue weighted by Gasteiger charge is -2.22. The number of aryl methyl sites for hydroxylation is 1. The van der Waals surface area contributed by atoms with E-state index in [0.29, 0.717) is 5.92 Å². The molecule has 1 saturated heterocycles. The summed E-state index contributed by atoms with van der Waals surface area (Å²) in [5, 5.41) is 11.2. The van der Waals surface area contributed by atoms with Gasteiger partial charge in [0.25, 0.3) is 0 Å². The molecule has 0 aliphatic carbocycles. The molecule has 0 aromatic carbocycles. The van der Waals surface area contributed by atoms with E-state index in [4.69, 9.17) is 4.74 Å². The van der Waals surface area contributed by atoms with Crippen LogP contribution in [0.1, 0.15) is 19.3 Å². The molecule has 1 aromatic rings. The molecule has 2 rings (SSSR count). The van der Waals surface area contributed by atoms with Gasteiger partial charge in [-0.15, -0.1) is 5.10 Å². The van der Waals surface area contributed by atoms with Crippen molar-refractivity contribution in [1.82, 2.24) is 20.3 Å². The molecule has 1 fully saturated rings. The van der Waals surface area contributed by atoms with Gasteiger partial charge in [0.2, 0.25) is 0 Å². The lowest BCUT2D eigenvalue weighted by atomic mass is 10.0. The maximum absolute atomic E-state index is 5.44. The Hall–Kier alpha value is -0.940. The van der Waals surface area contributed by atoms with Gasteiger partial charge in [-0.3, -0.25) is 4.68 Å². The zero-order chi connectivity index (χ0) is 11.1. The first kappa shape index (κ1) is 11.5. The number of hydrogen-bond acceptors (Lipinski definition) is 4. The Bertz CT molecular complexity index is 270. The van der Waals surface area contributed by atoms with Gasteiger partial charge < -0.3 is 10.1 Å². The SMILES string of the molecule is c1cn(CCCNCC2CCCOC2)nn1. The van der Waals surface area contributed by atoms with Crippen LogP contribution in [-0.4, -0.2) is 41.3 Å². The van der Waals surface area contributed by atoms with Gasteiger partial charge >= 0.3 is 0 Å². The van der Waals surface area contributed by atoms with Gasteiger partial charge in [0.15, 0.2) is 0 Å². The third-order valence-electron chi connectivity index (χ3n) is 2.90. The van der Waals surface area contributed by atoms with Crippen LogP contribution >= 0.6 is 0 Å². The van der Waals surface area contributed by atoms with Crippen molar-refractivity contribution in [3.8, 4) is 0 Å². The molecule has 1 N–H and O–H groups in total. The second-order valence-corrected chi connectivity index (χ2v) is 4.31. The first-order valence-electron chi connectivity index (χ1n) is 6.08. The van der Waals surface area contributed by atoms with E-state index in [1.807, 2.05) is 10.9 Å². The summed E-state index contributed by atoms with van der Waals surface area (Å²) in [6, 6.07) is 0. The Morgan fingerprint density at radius 1 is 1.50 bits per heavy atom. The summed E-state index contributed by atoms with van der Waals surface area (Å²) < 4.78 is 7.30. The van der Waals surface area contributed by atoms with Crippen LogP contribution in [-0.2, 0) is 11.3 Å². The van der Waals surface area contributed by atoms with Crippen LogP contribution < -0.4 is 5.32 Å². The largest absolute Gasteiger partial charge is 0.381 e. The van der Waals surface area contributed by atoms with Gasteiger partial charge in [0.1, 0.15) is 0 Å². The smallest absolute Gasteiger partial charge is 0.0692 e. The molecule has 1 atom stereocenters. The van der Waals surface area contributed by atoms with Gasteiger partial charge in [0, 0.05) is 25.9 Å². The van der Waals surface area contributed by atoms with Crippen molar-refractivity contribution in [1.29, 1.82) is 0 Å². The van der Waals surface area contributed by atoms with E-state index in [-0.39, 0.29) is 0 Å². The van der Waals surface area contributed by atoms with Crippen LogP contribution in [0.5, 0.6) is 0 Å². The topological polar surface area (TPSA) is 52.0 Å². The Labute approximate surface area is 96.2 Å². The number of rotatable bonds is 6. The molecule has 1 aliphatic heterocycles. The Morgan fingerprint density at radius 2 is 2.50 bits per heavy atom. The summed E-state index contributed by atoms with van der Waals surface area (Å²) in [7, 11) is 0. The van der Waals surface area contributed by atoms with Crippen molar-refractivity contribution in [3.05, 3.63) is 12.4 Å². The molecule has 90 valence electrons. The molecule has 0 amide bonds. The number of nitrogens with one attached hydrogen (secondary N) is 1. The molecule has 0 bridgehead atoms. The van der Waals surface area contributed by atoms with E-state index >= 15 is 0 Å². The van der Waals surface area contributed by atoms with E-state index in [2.05, 4.69) is 15.6 Å². The first-order valence-corrected chi connectivity index (χ1v) is 6.08. The van der Waals surface area contributed by atoms with Crippen molar-refractivity contribution < 1.29 is 4.74 Å². The van der Waals surface area contributed by atoms with Gasteiger partial charge in [0.05, 0.1) is 12.8 Å². The minimum Gasteiger partial charge on any atom is -0.381 e. The van der Waals surface area contributed by atoms with Crippen molar-refractivity contribution in [2.45, 2.75) is 25.8 Å². The number of nitrogens with zero attached hydrogens (tertiary/aromatic N) is 3. The van der Waals surface area contributed by atoms with Crippen LogP contribution in [0.25, 0.3) is 0 Å². The van der Waals surface area contributed by atoms with Crippen molar-refractivity contribution >= 4 is 0 Å². The van der Waals surface area contributed by atoms with E-state index in [0.717, 1.165) is 39.3 Å². The van der Waals surface area contributed by atoms with Gasteiger partial charge in [-0.1, -0.05) is 5.21 Å². The van der Waals surface area contributed by atoms with Crippen molar-refractivity contribution in [2.75, 3.05) is 26.3 Å². The molecular weight excluding hydrogens is 204 g/mol. The number of aromatic nitrogens is 3. The summed E-state index contributed by atoms with van der Waals surface area (Å²) in [6.07, 6.45) is 7.22. The molecular formula is C11H20N4O. The summed E-state index contributed by atoms with van der Waals surface area (Å²) in [4.78, 5) is 0. The second kappa shape index (κ2) is 6.60. The molecule has 0 spiro atoms.